The molecular formula is C12H26N2O2. The molecule has 0 spiro atoms. The van der Waals surface area contributed by atoms with E-state index in [0.29, 0.717) is 6.54 Å². The van der Waals surface area contributed by atoms with Gasteiger partial charge < -0.3 is 20.5 Å². The van der Waals surface area contributed by atoms with Gasteiger partial charge in [0.05, 0.1) is 6.10 Å². The smallest absolute Gasteiger partial charge is 0.0705 e. The third kappa shape index (κ3) is 7.17. The minimum absolute atomic E-state index is 0.193. The first-order valence-electron chi connectivity index (χ1n) is 6.38. The molecule has 16 heavy (non-hydrogen) atoms. The highest BCUT2D eigenvalue weighted by Gasteiger charge is 2.20. The monoisotopic (exact) mass is 230 g/mol. The molecule has 0 aliphatic heterocycles. The maximum atomic E-state index is 5.54. The Bertz CT molecular complexity index is 159. The fourth-order valence-corrected chi connectivity index (χ4v) is 1.55. The fraction of sp³-hybridized carbons (Fsp3) is 1.00. The Morgan fingerprint density at radius 2 is 2.19 bits per heavy atom. The van der Waals surface area contributed by atoms with Gasteiger partial charge in [-0.25, -0.2) is 0 Å². The van der Waals surface area contributed by atoms with Crippen molar-refractivity contribution < 1.29 is 9.47 Å². The van der Waals surface area contributed by atoms with Gasteiger partial charge in [-0.15, -0.1) is 0 Å². The predicted octanol–water partition coefficient (Wildman–Crippen LogP) is 0.757. The van der Waals surface area contributed by atoms with Crippen LogP contribution in [0.15, 0.2) is 0 Å². The first-order valence-corrected chi connectivity index (χ1v) is 6.38. The number of nitrogens with two attached hydrogens (primary N) is 1. The molecule has 0 aromatic carbocycles. The summed E-state index contributed by atoms with van der Waals surface area (Å²) in [7, 11) is 1.71. The Balaban J connectivity index is 1.73. The van der Waals surface area contributed by atoms with Crippen LogP contribution in [0.2, 0.25) is 0 Å². The van der Waals surface area contributed by atoms with Crippen LogP contribution in [0.3, 0.4) is 0 Å². The molecule has 0 saturated heterocycles. The van der Waals surface area contributed by atoms with Crippen molar-refractivity contribution in [3.8, 4) is 0 Å². The quantitative estimate of drug-likeness (QED) is 0.514. The summed E-state index contributed by atoms with van der Waals surface area (Å²) >= 11 is 0. The van der Waals surface area contributed by atoms with Crippen LogP contribution in [-0.4, -0.2) is 46.1 Å². The lowest BCUT2D eigenvalue weighted by molar-refractivity contribution is 0.101. The van der Waals surface area contributed by atoms with Crippen LogP contribution in [0.4, 0.5) is 0 Å². The van der Waals surface area contributed by atoms with Gasteiger partial charge >= 0.3 is 0 Å². The van der Waals surface area contributed by atoms with Crippen LogP contribution < -0.4 is 11.1 Å². The van der Waals surface area contributed by atoms with Gasteiger partial charge in [0.15, 0.2) is 0 Å². The number of nitrogens with one attached hydrogen (secondary N) is 1. The van der Waals surface area contributed by atoms with Crippen molar-refractivity contribution >= 4 is 0 Å². The van der Waals surface area contributed by atoms with Gasteiger partial charge in [0.1, 0.15) is 0 Å². The molecule has 1 fully saturated rings. The standard InChI is InChI=1S/C12H26N2O2/c1-15-12(9-13)5-7-14-6-2-8-16-10-11-3-4-11/h11-12,14H,2-10,13H2,1H3. The Morgan fingerprint density at radius 3 is 2.81 bits per heavy atom. The summed E-state index contributed by atoms with van der Waals surface area (Å²) in [5.74, 6) is 0.875. The van der Waals surface area contributed by atoms with Crippen molar-refractivity contribution in [2.24, 2.45) is 11.7 Å². The second-order valence-electron chi connectivity index (χ2n) is 4.50. The Kier molecular flexibility index (Phi) is 7.76. The average molecular weight is 230 g/mol. The first kappa shape index (κ1) is 13.9. The second kappa shape index (κ2) is 8.93. The van der Waals surface area contributed by atoms with Gasteiger partial charge in [-0.1, -0.05) is 0 Å². The highest BCUT2D eigenvalue weighted by Crippen LogP contribution is 2.28. The number of ether oxygens (including phenoxy) is 2. The zero-order valence-electron chi connectivity index (χ0n) is 10.4. The van der Waals surface area contributed by atoms with Crippen LogP contribution in [-0.2, 0) is 9.47 Å². The maximum absolute atomic E-state index is 5.54. The molecule has 1 atom stereocenters. The molecule has 4 nitrogen and oxygen atoms in total. The minimum Gasteiger partial charge on any atom is -0.381 e. The summed E-state index contributed by atoms with van der Waals surface area (Å²) in [6, 6.07) is 0. The van der Waals surface area contributed by atoms with Crippen LogP contribution in [0.25, 0.3) is 0 Å². The number of rotatable bonds is 11. The highest BCUT2D eigenvalue weighted by molar-refractivity contribution is 4.71. The van der Waals surface area contributed by atoms with E-state index < -0.39 is 0 Å². The maximum Gasteiger partial charge on any atom is 0.0705 e. The molecule has 1 aliphatic rings. The first-order chi connectivity index (χ1) is 7.86. The lowest BCUT2D eigenvalue weighted by atomic mass is 10.2. The van der Waals surface area contributed by atoms with E-state index in [0.717, 1.165) is 45.1 Å². The summed E-state index contributed by atoms with van der Waals surface area (Å²) in [6.07, 6.45) is 5.01. The van der Waals surface area contributed by atoms with Crippen LogP contribution in [0.5, 0.6) is 0 Å². The zero-order chi connectivity index (χ0) is 11.6. The van der Waals surface area contributed by atoms with E-state index in [9.17, 15) is 0 Å². The summed E-state index contributed by atoms with van der Waals surface area (Å²) < 4.78 is 10.7. The molecule has 0 heterocycles. The van der Waals surface area contributed by atoms with E-state index in [1.807, 2.05) is 0 Å². The lowest BCUT2D eigenvalue weighted by Crippen LogP contribution is -2.28. The molecule has 0 bridgehead atoms. The van der Waals surface area contributed by atoms with Crippen molar-refractivity contribution in [1.29, 1.82) is 0 Å². The SMILES string of the molecule is COC(CN)CCNCCCOCC1CC1. The van der Waals surface area contributed by atoms with Crippen molar-refractivity contribution in [2.45, 2.75) is 31.8 Å². The van der Waals surface area contributed by atoms with Crippen LogP contribution in [0, 0.1) is 5.92 Å². The van der Waals surface area contributed by atoms with E-state index in [4.69, 9.17) is 15.2 Å². The van der Waals surface area contributed by atoms with Gasteiger partial charge in [0, 0.05) is 26.9 Å². The van der Waals surface area contributed by atoms with Crippen LogP contribution >= 0.6 is 0 Å². The Morgan fingerprint density at radius 1 is 1.38 bits per heavy atom. The molecule has 4 heteroatoms. The van der Waals surface area contributed by atoms with Crippen LogP contribution in [0.1, 0.15) is 25.7 Å². The number of hydrogen-bond acceptors (Lipinski definition) is 4. The molecule has 1 saturated carbocycles. The number of methoxy groups -OCH3 is 1. The lowest BCUT2D eigenvalue weighted by Gasteiger charge is -2.12. The van der Waals surface area contributed by atoms with Crippen molar-refractivity contribution in [3.63, 3.8) is 0 Å². The number of hydrogen-bond donors (Lipinski definition) is 2. The minimum atomic E-state index is 0.193. The summed E-state index contributed by atoms with van der Waals surface area (Å²) in [5.41, 5.74) is 5.53. The zero-order valence-corrected chi connectivity index (χ0v) is 10.4. The Hall–Kier alpha value is -0.160. The molecule has 0 radical (unpaired) electrons. The third-order valence-electron chi connectivity index (χ3n) is 2.93. The molecule has 1 unspecified atom stereocenters. The van der Waals surface area contributed by atoms with Crippen molar-refractivity contribution in [1.82, 2.24) is 5.32 Å². The molecule has 1 rings (SSSR count). The summed E-state index contributed by atoms with van der Waals surface area (Å²) in [5, 5.41) is 3.37. The highest BCUT2D eigenvalue weighted by atomic mass is 16.5. The van der Waals surface area contributed by atoms with Gasteiger partial charge in [0.2, 0.25) is 0 Å². The third-order valence-corrected chi connectivity index (χ3v) is 2.93. The van der Waals surface area contributed by atoms with E-state index >= 15 is 0 Å². The predicted molar refractivity (Wildman–Crippen MR) is 65.5 cm³/mol. The fourth-order valence-electron chi connectivity index (χ4n) is 1.55. The van der Waals surface area contributed by atoms with Gasteiger partial charge in [0.25, 0.3) is 0 Å². The molecule has 96 valence electrons. The van der Waals surface area contributed by atoms with Gasteiger partial charge in [-0.2, -0.15) is 0 Å². The summed E-state index contributed by atoms with van der Waals surface area (Å²) in [4.78, 5) is 0. The van der Waals surface area contributed by atoms with E-state index in [-0.39, 0.29) is 6.10 Å². The molecule has 0 amide bonds. The molecule has 1 aliphatic carbocycles. The molecular weight excluding hydrogens is 204 g/mol. The van der Waals surface area contributed by atoms with E-state index in [1.165, 1.54) is 12.8 Å². The van der Waals surface area contributed by atoms with Gasteiger partial charge in [-0.3, -0.25) is 0 Å². The summed E-state index contributed by atoms with van der Waals surface area (Å²) in [6.45, 7) is 4.44. The largest absolute Gasteiger partial charge is 0.381 e. The molecule has 0 aromatic rings. The van der Waals surface area contributed by atoms with E-state index in [2.05, 4.69) is 5.32 Å². The Labute approximate surface area is 98.9 Å². The molecule has 0 aromatic heterocycles. The van der Waals surface area contributed by atoms with Crippen molar-refractivity contribution in [2.75, 3.05) is 40.0 Å². The average Bonchev–Trinajstić information content (AvgIpc) is 3.11. The molecule has 3 N–H and O–H groups in total. The second-order valence-corrected chi connectivity index (χ2v) is 4.50. The van der Waals surface area contributed by atoms with Crippen molar-refractivity contribution in [3.05, 3.63) is 0 Å². The topological polar surface area (TPSA) is 56.5 Å². The normalized spacial score (nSPS) is 17.6. The van der Waals surface area contributed by atoms with E-state index in [1.54, 1.807) is 7.11 Å². The van der Waals surface area contributed by atoms with Gasteiger partial charge in [-0.05, 0) is 44.7 Å².